The van der Waals surface area contributed by atoms with Gasteiger partial charge in [-0.15, -0.1) is 0 Å². The molecule has 0 aromatic heterocycles. The molecule has 1 saturated heterocycles. The van der Waals surface area contributed by atoms with Gasteiger partial charge in [-0.25, -0.2) is 0 Å². The van der Waals surface area contributed by atoms with Crippen LogP contribution in [0.5, 0.6) is 0 Å². The Morgan fingerprint density at radius 2 is 2.19 bits per heavy atom. The van der Waals surface area contributed by atoms with Crippen LogP contribution in [-0.2, 0) is 9.53 Å². The van der Waals surface area contributed by atoms with Gasteiger partial charge in [0.05, 0.1) is 6.61 Å². The third kappa shape index (κ3) is 3.21. The standard InChI is InChI=1S/C13H23NO2/c1-10-4-3-7-14(8-10)13(15)11(2)16-9-12-5-6-12/h10-12H,3-9H2,1-2H3. The van der Waals surface area contributed by atoms with E-state index >= 15 is 0 Å². The number of piperidine rings is 1. The van der Waals surface area contributed by atoms with Crippen LogP contribution in [0.25, 0.3) is 0 Å². The van der Waals surface area contributed by atoms with Crippen molar-refractivity contribution in [2.24, 2.45) is 11.8 Å². The smallest absolute Gasteiger partial charge is 0.251 e. The van der Waals surface area contributed by atoms with Crippen molar-refractivity contribution in [3.8, 4) is 0 Å². The summed E-state index contributed by atoms with van der Waals surface area (Å²) in [5.41, 5.74) is 0. The molecule has 0 aromatic carbocycles. The Bertz CT molecular complexity index is 250. The van der Waals surface area contributed by atoms with Crippen LogP contribution in [0.1, 0.15) is 39.5 Å². The molecule has 0 N–H and O–H groups in total. The molecule has 1 heterocycles. The number of ether oxygens (including phenoxy) is 1. The minimum absolute atomic E-state index is 0.187. The van der Waals surface area contributed by atoms with Gasteiger partial charge in [-0.3, -0.25) is 4.79 Å². The molecule has 92 valence electrons. The first-order valence-corrected chi connectivity index (χ1v) is 6.57. The van der Waals surface area contributed by atoms with Crippen LogP contribution < -0.4 is 0 Å². The van der Waals surface area contributed by atoms with Gasteiger partial charge >= 0.3 is 0 Å². The molecule has 2 rings (SSSR count). The van der Waals surface area contributed by atoms with E-state index in [9.17, 15) is 4.79 Å². The molecule has 1 amide bonds. The van der Waals surface area contributed by atoms with E-state index < -0.39 is 0 Å². The highest BCUT2D eigenvalue weighted by Crippen LogP contribution is 2.29. The zero-order chi connectivity index (χ0) is 11.5. The quantitative estimate of drug-likeness (QED) is 0.733. The minimum atomic E-state index is -0.245. The molecule has 0 aromatic rings. The molecule has 2 aliphatic rings. The molecule has 2 atom stereocenters. The number of nitrogens with zero attached hydrogens (tertiary/aromatic N) is 1. The number of hydrogen-bond acceptors (Lipinski definition) is 2. The first-order valence-electron chi connectivity index (χ1n) is 6.57. The van der Waals surface area contributed by atoms with Gasteiger partial charge < -0.3 is 9.64 Å². The number of carbonyl (C=O) groups is 1. The van der Waals surface area contributed by atoms with Gasteiger partial charge in [-0.2, -0.15) is 0 Å². The second-order valence-electron chi connectivity index (χ2n) is 5.45. The number of hydrogen-bond donors (Lipinski definition) is 0. The Kier molecular flexibility index (Phi) is 3.85. The lowest BCUT2D eigenvalue weighted by Crippen LogP contribution is -2.44. The summed E-state index contributed by atoms with van der Waals surface area (Å²) in [5, 5.41) is 0. The van der Waals surface area contributed by atoms with Crippen molar-refractivity contribution in [2.45, 2.75) is 45.6 Å². The third-order valence-corrected chi connectivity index (χ3v) is 3.60. The Balaban J connectivity index is 1.75. The van der Waals surface area contributed by atoms with Crippen molar-refractivity contribution < 1.29 is 9.53 Å². The fraction of sp³-hybridized carbons (Fsp3) is 0.923. The van der Waals surface area contributed by atoms with Gasteiger partial charge in [0.25, 0.3) is 5.91 Å². The lowest BCUT2D eigenvalue weighted by atomic mass is 10.00. The van der Waals surface area contributed by atoms with E-state index in [0.717, 1.165) is 32.0 Å². The predicted molar refractivity (Wildman–Crippen MR) is 63.1 cm³/mol. The summed E-state index contributed by atoms with van der Waals surface area (Å²) >= 11 is 0. The Hall–Kier alpha value is -0.570. The van der Waals surface area contributed by atoms with Crippen LogP contribution in [0.4, 0.5) is 0 Å². The lowest BCUT2D eigenvalue weighted by Gasteiger charge is -2.32. The van der Waals surface area contributed by atoms with Crippen LogP contribution in [-0.4, -0.2) is 36.6 Å². The van der Waals surface area contributed by atoms with Crippen LogP contribution in [0.15, 0.2) is 0 Å². The first kappa shape index (κ1) is 11.9. The Labute approximate surface area is 98.1 Å². The molecule has 2 fully saturated rings. The number of rotatable bonds is 4. The fourth-order valence-corrected chi connectivity index (χ4v) is 2.28. The maximum Gasteiger partial charge on any atom is 0.251 e. The summed E-state index contributed by atoms with van der Waals surface area (Å²) in [5.74, 6) is 1.57. The molecular formula is C13H23NO2. The third-order valence-electron chi connectivity index (χ3n) is 3.60. The van der Waals surface area contributed by atoms with Crippen molar-refractivity contribution in [3.63, 3.8) is 0 Å². The van der Waals surface area contributed by atoms with Crippen LogP contribution >= 0.6 is 0 Å². The summed E-state index contributed by atoms with van der Waals surface area (Å²) in [4.78, 5) is 14.1. The van der Waals surface area contributed by atoms with Crippen molar-refractivity contribution >= 4 is 5.91 Å². The van der Waals surface area contributed by atoms with E-state index in [4.69, 9.17) is 4.74 Å². The fourth-order valence-electron chi connectivity index (χ4n) is 2.28. The molecule has 2 unspecified atom stereocenters. The zero-order valence-corrected chi connectivity index (χ0v) is 10.4. The molecule has 1 aliphatic heterocycles. The molecule has 3 heteroatoms. The molecule has 0 spiro atoms. The maximum absolute atomic E-state index is 12.1. The van der Waals surface area contributed by atoms with Crippen molar-refractivity contribution in [2.75, 3.05) is 19.7 Å². The molecule has 0 radical (unpaired) electrons. The highest BCUT2D eigenvalue weighted by Gasteiger charge is 2.28. The average molecular weight is 225 g/mol. The van der Waals surface area contributed by atoms with E-state index in [0.29, 0.717) is 5.92 Å². The topological polar surface area (TPSA) is 29.5 Å². The maximum atomic E-state index is 12.1. The Morgan fingerprint density at radius 1 is 1.44 bits per heavy atom. The number of likely N-dealkylation sites (tertiary alicyclic amines) is 1. The van der Waals surface area contributed by atoms with E-state index in [1.54, 1.807) is 0 Å². The normalized spacial score (nSPS) is 27.9. The van der Waals surface area contributed by atoms with Gasteiger partial charge in [-0.1, -0.05) is 6.92 Å². The molecule has 3 nitrogen and oxygen atoms in total. The highest BCUT2D eigenvalue weighted by atomic mass is 16.5. The summed E-state index contributed by atoms with van der Waals surface area (Å²) in [6.07, 6.45) is 4.71. The summed E-state index contributed by atoms with van der Waals surface area (Å²) in [7, 11) is 0. The molecule has 0 bridgehead atoms. The SMILES string of the molecule is CC1CCCN(C(=O)C(C)OCC2CC2)C1. The summed E-state index contributed by atoms with van der Waals surface area (Å²) in [6.45, 7) is 6.71. The Morgan fingerprint density at radius 3 is 2.81 bits per heavy atom. The van der Waals surface area contributed by atoms with Crippen molar-refractivity contribution in [3.05, 3.63) is 0 Å². The predicted octanol–water partition coefficient (Wildman–Crippen LogP) is 2.06. The van der Waals surface area contributed by atoms with E-state index in [-0.39, 0.29) is 12.0 Å². The largest absolute Gasteiger partial charge is 0.368 e. The van der Waals surface area contributed by atoms with Gasteiger partial charge in [0, 0.05) is 13.1 Å². The molecule has 1 saturated carbocycles. The summed E-state index contributed by atoms with van der Waals surface area (Å²) < 4.78 is 5.62. The number of amides is 1. The highest BCUT2D eigenvalue weighted by molar-refractivity contribution is 5.80. The zero-order valence-electron chi connectivity index (χ0n) is 10.4. The number of carbonyl (C=O) groups excluding carboxylic acids is 1. The van der Waals surface area contributed by atoms with Crippen LogP contribution in [0, 0.1) is 11.8 Å². The monoisotopic (exact) mass is 225 g/mol. The molecular weight excluding hydrogens is 202 g/mol. The van der Waals surface area contributed by atoms with Gasteiger partial charge in [0.2, 0.25) is 0 Å². The lowest BCUT2D eigenvalue weighted by molar-refractivity contribution is -0.144. The van der Waals surface area contributed by atoms with Gasteiger partial charge in [0.1, 0.15) is 6.10 Å². The van der Waals surface area contributed by atoms with Gasteiger partial charge in [0.15, 0.2) is 0 Å². The summed E-state index contributed by atoms with van der Waals surface area (Å²) in [6, 6.07) is 0. The van der Waals surface area contributed by atoms with Crippen LogP contribution in [0.3, 0.4) is 0 Å². The van der Waals surface area contributed by atoms with E-state index in [1.165, 1.54) is 19.3 Å². The second-order valence-corrected chi connectivity index (χ2v) is 5.45. The molecule has 16 heavy (non-hydrogen) atoms. The average Bonchev–Trinajstić information content (AvgIpc) is 3.08. The van der Waals surface area contributed by atoms with E-state index in [1.807, 2.05) is 11.8 Å². The van der Waals surface area contributed by atoms with Crippen molar-refractivity contribution in [1.82, 2.24) is 4.90 Å². The van der Waals surface area contributed by atoms with Crippen LogP contribution in [0.2, 0.25) is 0 Å². The second kappa shape index (κ2) is 5.17. The molecule has 1 aliphatic carbocycles. The van der Waals surface area contributed by atoms with E-state index in [2.05, 4.69) is 6.92 Å². The van der Waals surface area contributed by atoms with Crippen molar-refractivity contribution in [1.29, 1.82) is 0 Å². The van der Waals surface area contributed by atoms with Gasteiger partial charge in [-0.05, 0) is 44.4 Å². The minimum Gasteiger partial charge on any atom is -0.368 e. The first-order chi connectivity index (χ1) is 7.66.